The number of hydrogen-bond acceptors (Lipinski definition) is 13. The van der Waals surface area contributed by atoms with Crippen LogP contribution in [0.3, 0.4) is 0 Å². The van der Waals surface area contributed by atoms with Crippen molar-refractivity contribution in [1.29, 1.82) is 0 Å². The van der Waals surface area contributed by atoms with Gasteiger partial charge in [-0.2, -0.15) is 25.3 Å². The highest BCUT2D eigenvalue weighted by atomic mass is 32.2. The van der Waals surface area contributed by atoms with Gasteiger partial charge in [0.15, 0.2) is 0 Å². The second-order valence-corrected chi connectivity index (χ2v) is 21.6. The van der Waals surface area contributed by atoms with Crippen LogP contribution >= 0.6 is 0 Å². The standard InChI is InChI=1S/C47H69NO16S3/c1-5-48-43-21-20-39(67(57,58)59)35-42(43)47(3,22-11-33-65(51,52)53)44(48)14-10-13-40-36(12-8-6-7-9-15-45(49)50)16-17-37-18-19-38(66(54,55)56)34-41(37)46(40,2)23-24-61-27-28-63-31-32-64-30-29-62-26-25-60-4/h10,13-14,18-21,34-35H,5-9,11-12,15-17,22-33H2,1-4H3,(H,49,50)(H,51,52,53)(H,54,55,56)(H,57,58,59)/b13-10+,44-14+. The van der Waals surface area contributed by atoms with Gasteiger partial charge in [-0.1, -0.05) is 43.6 Å². The van der Waals surface area contributed by atoms with E-state index in [4.69, 9.17) is 23.7 Å². The zero-order valence-corrected chi connectivity index (χ0v) is 41.6. The van der Waals surface area contributed by atoms with Crippen LogP contribution in [0.2, 0.25) is 0 Å². The van der Waals surface area contributed by atoms with Crippen LogP contribution in [0.15, 0.2) is 81.3 Å². The van der Waals surface area contributed by atoms with E-state index in [1.165, 1.54) is 24.3 Å². The number of nitrogens with zero attached hydrogens (tertiary/aromatic N) is 1. The maximum atomic E-state index is 12.6. The SMILES string of the molecule is CCN1/C(=C/C=C/C2=C(CCCCCCC(=O)O)CCc3ccc(S(=O)(=O)O)cc3C2(C)CCOCCOCCOCCOCCOC)C(C)(CCCS(=O)(=O)O)c2cc(S(=O)(=O)O)ccc21. The number of anilines is 1. The molecule has 1 heterocycles. The van der Waals surface area contributed by atoms with Gasteiger partial charge in [-0.05, 0) is 124 Å². The molecule has 2 aromatic carbocycles. The van der Waals surface area contributed by atoms with E-state index in [0.29, 0.717) is 102 Å². The van der Waals surface area contributed by atoms with Crippen molar-refractivity contribution in [3.05, 3.63) is 88.2 Å². The zero-order chi connectivity index (χ0) is 49.3. The predicted molar refractivity (Wildman–Crippen MR) is 254 cm³/mol. The molecule has 0 aromatic heterocycles. The maximum Gasteiger partial charge on any atom is 0.303 e. The minimum Gasteiger partial charge on any atom is -0.481 e. The second kappa shape index (κ2) is 25.9. The summed E-state index contributed by atoms with van der Waals surface area (Å²) in [6.07, 6.45) is 11.2. The van der Waals surface area contributed by atoms with E-state index in [9.17, 15) is 48.8 Å². The minimum absolute atomic E-state index is 0.0418. The number of ether oxygens (including phenoxy) is 5. The average molecular weight is 1000 g/mol. The summed E-state index contributed by atoms with van der Waals surface area (Å²) < 4.78 is 131. The molecule has 2 unspecified atom stereocenters. The van der Waals surface area contributed by atoms with Gasteiger partial charge >= 0.3 is 5.97 Å². The van der Waals surface area contributed by atoms with Gasteiger partial charge in [0.2, 0.25) is 0 Å². The molecular weight excluding hydrogens is 931 g/mol. The number of hydrogen-bond donors (Lipinski definition) is 4. The number of methoxy groups -OCH3 is 1. The molecule has 0 amide bonds. The van der Waals surface area contributed by atoms with Crippen LogP contribution in [-0.4, -0.2) is 129 Å². The van der Waals surface area contributed by atoms with Crippen molar-refractivity contribution in [2.45, 2.75) is 112 Å². The van der Waals surface area contributed by atoms with Gasteiger partial charge in [0, 0.05) is 48.9 Å². The molecule has 20 heteroatoms. The third kappa shape index (κ3) is 16.5. The van der Waals surface area contributed by atoms with Crippen molar-refractivity contribution < 1.29 is 72.5 Å². The topological polar surface area (TPSA) is 250 Å². The fraction of sp³-hybridized carbons (Fsp3) is 0.596. The lowest BCUT2D eigenvalue weighted by atomic mass is 9.70. The number of unbranched alkanes of at least 4 members (excludes halogenated alkanes) is 3. The summed E-state index contributed by atoms with van der Waals surface area (Å²) >= 11 is 0. The van der Waals surface area contributed by atoms with Gasteiger partial charge in [0.1, 0.15) is 0 Å². The quantitative estimate of drug-likeness (QED) is 0.0434. The Morgan fingerprint density at radius 3 is 1.84 bits per heavy atom. The highest BCUT2D eigenvalue weighted by molar-refractivity contribution is 7.86. The summed E-state index contributed by atoms with van der Waals surface area (Å²) in [7, 11) is -11.9. The third-order valence-corrected chi connectivity index (χ3v) is 15.0. The molecule has 376 valence electrons. The molecule has 0 bridgehead atoms. The molecule has 2 aromatic rings. The van der Waals surface area contributed by atoms with E-state index < -0.39 is 52.9 Å². The van der Waals surface area contributed by atoms with E-state index in [2.05, 4.69) is 0 Å². The Balaban J connectivity index is 1.73. The summed E-state index contributed by atoms with van der Waals surface area (Å²) in [5.41, 5.74) is 3.76. The number of carboxylic acid groups (broad SMARTS) is 1. The van der Waals surface area contributed by atoms with Crippen LogP contribution < -0.4 is 4.90 Å². The lowest BCUT2D eigenvalue weighted by Crippen LogP contribution is -2.29. The molecule has 17 nitrogen and oxygen atoms in total. The Labute approximate surface area is 396 Å². The highest BCUT2D eigenvalue weighted by Gasteiger charge is 2.44. The summed E-state index contributed by atoms with van der Waals surface area (Å²) in [5, 5.41) is 9.17. The Kier molecular flexibility index (Phi) is 21.7. The van der Waals surface area contributed by atoms with Gasteiger partial charge in [0.25, 0.3) is 30.4 Å². The predicted octanol–water partition coefficient (Wildman–Crippen LogP) is 7.11. The Morgan fingerprint density at radius 1 is 0.701 bits per heavy atom. The van der Waals surface area contributed by atoms with E-state index in [0.717, 1.165) is 41.7 Å². The average Bonchev–Trinajstić information content (AvgIpc) is 3.42. The van der Waals surface area contributed by atoms with Gasteiger partial charge < -0.3 is 33.7 Å². The van der Waals surface area contributed by atoms with Crippen molar-refractivity contribution in [3.8, 4) is 0 Å². The van der Waals surface area contributed by atoms with E-state index in [1.807, 2.05) is 43.9 Å². The van der Waals surface area contributed by atoms with Crippen LogP contribution in [0.25, 0.3) is 0 Å². The maximum absolute atomic E-state index is 12.6. The Bertz CT molecular complexity index is 2400. The first-order valence-corrected chi connectivity index (χ1v) is 27.2. The summed E-state index contributed by atoms with van der Waals surface area (Å²) in [6, 6.07) is 9.00. The van der Waals surface area contributed by atoms with Crippen LogP contribution in [-0.2, 0) is 76.1 Å². The van der Waals surface area contributed by atoms with Crippen molar-refractivity contribution in [1.82, 2.24) is 0 Å². The largest absolute Gasteiger partial charge is 0.481 e. The van der Waals surface area contributed by atoms with Crippen LogP contribution in [0.4, 0.5) is 5.69 Å². The summed E-state index contributed by atoms with van der Waals surface area (Å²) in [6.45, 7) is 9.73. The van der Waals surface area contributed by atoms with Crippen LogP contribution in [0.1, 0.15) is 102 Å². The van der Waals surface area contributed by atoms with Gasteiger partial charge in [-0.3, -0.25) is 18.5 Å². The summed E-state index contributed by atoms with van der Waals surface area (Å²) in [4.78, 5) is 12.6. The molecule has 67 heavy (non-hydrogen) atoms. The molecule has 0 saturated carbocycles. The Morgan fingerprint density at radius 2 is 1.27 bits per heavy atom. The van der Waals surface area contributed by atoms with Crippen molar-refractivity contribution in [3.63, 3.8) is 0 Å². The van der Waals surface area contributed by atoms with Crippen molar-refractivity contribution in [2.75, 3.05) is 83.8 Å². The first kappa shape index (κ1) is 56.1. The number of carbonyl (C=O) groups is 1. The smallest absolute Gasteiger partial charge is 0.303 e. The molecule has 0 saturated heterocycles. The number of likely N-dealkylation sites (N-methyl/N-ethyl adjacent to an activating group) is 1. The minimum atomic E-state index is -4.59. The number of aryl methyl sites for hydroxylation is 1. The highest BCUT2D eigenvalue weighted by Crippen LogP contribution is 2.51. The molecule has 0 fully saturated rings. The first-order chi connectivity index (χ1) is 31.7. The van der Waals surface area contributed by atoms with Crippen molar-refractivity contribution in [2.24, 2.45) is 0 Å². The molecule has 2 aliphatic rings. The molecule has 0 spiro atoms. The fourth-order valence-electron chi connectivity index (χ4n) is 9.02. The lowest BCUT2D eigenvalue weighted by molar-refractivity contribution is -0.137. The van der Waals surface area contributed by atoms with Crippen molar-refractivity contribution >= 4 is 42.0 Å². The molecule has 4 rings (SSSR count). The monoisotopic (exact) mass is 999 g/mol. The molecule has 1 aliphatic carbocycles. The second-order valence-electron chi connectivity index (χ2n) is 17.2. The first-order valence-electron chi connectivity index (χ1n) is 22.7. The number of allylic oxidation sites excluding steroid dienone is 6. The van der Waals surface area contributed by atoms with Crippen LogP contribution in [0, 0.1) is 0 Å². The number of carboxylic acids is 1. The molecule has 2 atom stereocenters. The molecular formula is C47H69NO16S3. The fourth-order valence-corrected chi connectivity index (χ4v) is 10.5. The van der Waals surface area contributed by atoms with E-state index in [-0.39, 0.29) is 42.3 Å². The van der Waals surface area contributed by atoms with Gasteiger partial charge in [-0.15, -0.1) is 0 Å². The number of rotatable bonds is 31. The molecule has 4 N–H and O–H groups in total. The normalized spacial score (nSPS) is 19.6. The Hall–Kier alpha value is -3.54. The molecule has 1 aliphatic heterocycles. The van der Waals surface area contributed by atoms with Gasteiger partial charge in [0.05, 0.1) is 68.4 Å². The van der Waals surface area contributed by atoms with Crippen LogP contribution in [0.5, 0.6) is 0 Å². The summed E-state index contributed by atoms with van der Waals surface area (Å²) in [5.74, 6) is -1.36. The zero-order valence-electron chi connectivity index (χ0n) is 39.1. The number of fused-ring (bicyclic) bond motifs is 2. The van der Waals surface area contributed by atoms with E-state index in [1.54, 1.807) is 19.2 Å². The number of aliphatic carboxylic acids is 1. The molecule has 0 radical (unpaired) electrons. The van der Waals surface area contributed by atoms with Gasteiger partial charge in [-0.25, -0.2) is 0 Å². The number of benzene rings is 2. The lowest BCUT2D eigenvalue weighted by Gasteiger charge is -2.34. The van der Waals surface area contributed by atoms with E-state index >= 15 is 0 Å². The third-order valence-electron chi connectivity index (χ3n) is 12.5.